The minimum absolute atomic E-state index is 0.000509. The summed E-state index contributed by atoms with van der Waals surface area (Å²) < 4.78 is 49.4. The molecule has 0 spiro atoms. The quantitative estimate of drug-likeness (QED) is 0.888. The fraction of sp³-hybridized carbons (Fsp3) is 0.364. The second kappa shape index (κ2) is 4.40. The molecule has 1 saturated heterocycles. The Balaban J connectivity index is 2.42. The minimum atomic E-state index is -3.29. The molecule has 1 heterocycles. The first-order chi connectivity index (χ1) is 8.44. The lowest BCUT2D eigenvalue weighted by Gasteiger charge is -2.32. The van der Waals surface area contributed by atoms with Gasteiger partial charge in [-0.25, -0.2) is 18.0 Å². The second-order valence-corrected chi connectivity index (χ2v) is 3.80. The maximum absolute atomic E-state index is 13.7. The van der Waals surface area contributed by atoms with E-state index in [2.05, 4.69) is 4.74 Å². The van der Waals surface area contributed by atoms with E-state index in [1.807, 2.05) is 5.32 Å². The van der Waals surface area contributed by atoms with E-state index in [1.54, 1.807) is 0 Å². The lowest BCUT2D eigenvalue weighted by Crippen LogP contribution is -2.49. The number of benzene rings is 1. The predicted molar refractivity (Wildman–Crippen MR) is 55.1 cm³/mol. The molecule has 2 rings (SSSR count). The van der Waals surface area contributed by atoms with Crippen LogP contribution in [-0.4, -0.2) is 25.7 Å². The second-order valence-electron chi connectivity index (χ2n) is 3.80. The Labute approximate surface area is 101 Å². The molecule has 0 aliphatic carbocycles. The van der Waals surface area contributed by atoms with Gasteiger partial charge in [-0.1, -0.05) is 6.07 Å². The lowest BCUT2D eigenvalue weighted by molar-refractivity contribution is -0.104. The van der Waals surface area contributed by atoms with Crippen molar-refractivity contribution in [2.45, 2.75) is 12.0 Å². The largest absolute Gasteiger partial charge is 0.496 e. The average Bonchev–Trinajstić information content (AvgIpc) is 2.32. The summed E-state index contributed by atoms with van der Waals surface area (Å²) in [4.78, 5) is 11.0. The minimum Gasteiger partial charge on any atom is -0.496 e. The average molecular weight is 261 g/mol. The highest BCUT2D eigenvalue weighted by Crippen LogP contribution is 2.38. The van der Waals surface area contributed by atoms with Gasteiger partial charge in [0.2, 0.25) is 0 Å². The maximum Gasteiger partial charge on any atom is 0.408 e. The van der Waals surface area contributed by atoms with E-state index < -0.39 is 30.5 Å². The predicted octanol–water partition coefficient (Wildman–Crippen LogP) is 2.25. The summed E-state index contributed by atoms with van der Waals surface area (Å²) in [5.74, 6) is -3.96. The third-order valence-electron chi connectivity index (χ3n) is 2.59. The zero-order valence-corrected chi connectivity index (χ0v) is 9.38. The van der Waals surface area contributed by atoms with Crippen LogP contribution in [0.5, 0.6) is 5.75 Å². The Morgan fingerprint density at radius 2 is 2.22 bits per heavy atom. The van der Waals surface area contributed by atoms with E-state index in [1.165, 1.54) is 7.11 Å². The van der Waals surface area contributed by atoms with Crippen molar-refractivity contribution < 1.29 is 27.4 Å². The number of alkyl carbamates (subject to hydrolysis) is 1. The van der Waals surface area contributed by atoms with Crippen molar-refractivity contribution >= 4 is 6.09 Å². The standard InChI is InChI=1S/C11H10F3NO3/c1-17-8-4-6(12)2-3-7(8)9-11(13,14)5-18-10(16)15-9/h2-4,9H,5H2,1H3,(H,15,16)/t9-/m0/s1. The van der Waals surface area contributed by atoms with Crippen LogP contribution in [0.25, 0.3) is 0 Å². The third kappa shape index (κ3) is 2.20. The molecular weight excluding hydrogens is 251 g/mol. The molecule has 1 aromatic rings. The molecular formula is C11H10F3NO3. The van der Waals surface area contributed by atoms with Crippen molar-refractivity contribution in [2.75, 3.05) is 13.7 Å². The Bertz CT molecular complexity index is 479. The third-order valence-corrected chi connectivity index (χ3v) is 2.59. The van der Waals surface area contributed by atoms with Crippen LogP contribution in [0, 0.1) is 5.82 Å². The summed E-state index contributed by atoms with van der Waals surface area (Å²) in [5, 5.41) is 2.00. The van der Waals surface area contributed by atoms with Gasteiger partial charge in [-0.05, 0) is 6.07 Å². The van der Waals surface area contributed by atoms with E-state index >= 15 is 0 Å². The first-order valence-electron chi connectivity index (χ1n) is 5.08. The van der Waals surface area contributed by atoms with Gasteiger partial charge in [0.1, 0.15) is 17.6 Å². The first-order valence-corrected chi connectivity index (χ1v) is 5.08. The van der Waals surface area contributed by atoms with Gasteiger partial charge in [-0.3, -0.25) is 0 Å². The summed E-state index contributed by atoms with van der Waals surface area (Å²) >= 11 is 0. The van der Waals surface area contributed by atoms with Gasteiger partial charge in [0, 0.05) is 11.6 Å². The first kappa shape index (κ1) is 12.5. The highest BCUT2D eigenvalue weighted by molar-refractivity contribution is 5.69. The number of halogens is 3. The zero-order valence-electron chi connectivity index (χ0n) is 9.38. The van der Waals surface area contributed by atoms with Crippen LogP contribution in [0.3, 0.4) is 0 Å². The summed E-state index contributed by atoms with van der Waals surface area (Å²) in [5.41, 5.74) is 0.000509. The smallest absolute Gasteiger partial charge is 0.408 e. The summed E-state index contributed by atoms with van der Waals surface area (Å²) in [6.45, 7) is -1.02. The van der Waals surface area contributed by atoms with Crippen LogP contribution in [0.15, 0.2) is 18.2 Å². The lowest BCUT2D eigenvalue weighted by atomic mass is 9.99. The molecule has 1 fully saturated rings. The van der Waals surface area contributed by atoms with E-state index in [-0.39, 0.29) is 11.3 Å². The van der Waals surface area contributed by atoms with Crippen LogP contribution >= 0.6 is 0 Å². The molecule has 7 heteroatoms. The highest BCUT2D eigenvalue weighted by Gasteiger charge is 2.47. The van der Waals surface area contributed by atoms with Gasteiger partial charge >= 0.3 is 12.0 Å². The molecule has 0 unspecified atom stereocenters. The van der Waals surface area contributed by atoms with Crippen molar-refractivity contribution in [2.24, 2.45) is 0 Å². The number of carbonyl (C=O) groups excluding carboxylic acids is 1. The Morgan fingerprint density at radius 1 is 1.50 bits per heavy atom. The van der Waals surface area contributed by atoms with Crippen LogP contribution in [0.4, 0.5) is 18.0 Å². The van der Waals surface area contributed by atoms with E-state index in [0.717, 1.165) is 18.2 Å². The fourth-order valence-corrected chi connectivity index (χ4v) is 1.74. The molecule has 1 aliphatic heterocycles. The molecule has 0 bridgehead atoms. The summed E-state index contributed by atoms with van der Waals surface area (Å²) in [6.07, 6.45) is -0.947. The monoisotopic (exact) mass is 261 g/mol. The number of nitrogens with one attached hydrogen (secondary N) is 1. The van der Waals surface area contributed by atoms with E-state index in [9.17, 15) is 18.0 Å². The molecule has 1 N–H and O–H groups in total. The Kier molecular flexibility index (Phi) is 3.06. The Hall–Kier alpha value is -1.92. The fourth-order valence-electron chi connectivity index (χ4n) is 1.74. The zero-order chi connectivity index (χ0) is 13.3. The number of ether oxygens (including phenoxy) is 2. The molecule has 98 valence electrons. The number of hydrogen-bond acceptors (Lipinski definition) is 3. The van der Waals surface area contributed by atoms with Crippen molar-refractivity contribution in [3.63, 3.8) is 0 Å². The van der Waals surface area contributed by atoms with Crippen LogP contribution in [-0.2, 0) is 4.74 Å². The highest BCUT2D eigenvalue weighted by atomic mass is 19.3. The molecule has 1 aliphatic rings. The molecule has 0 saturated carbocycles. The number of rotatable bonds is 2. The van der Waals surface area contributed by atoms with Gasteiger partial charge in [-0.2, -0.15) is 0 Å². The molecule has 4 nitrogen and oxygen atoms in total. The van der Waals surface area contributed by atoms with Crippen molar-refractivity contribution in [3.8, 4) is 5.75 Å². The summed E-state index contributed by atoms with van der Waals surface area (Å²) in [6, 6.07) is 1.55. The molecule has 18 heavy (non-hydrogen) atoms. The topological polar surface area (TPSA) is 47.6 Å². The number of carbonyl (C=O) groups is 1. The molecule has 1 atom stereocenters. The van der Waals surface area contributed by atoms with Crippen molar-refractivity contribution in [3.05, 3.63) is 29.6 Å². The van der Waals surface area contributed by atoms with Crippen LogP contribution in [0.2, 0.25) is 0 Å². The van der Waals surface area contributed by atoms with Gasteiger partial charge < -0.3 is 14.8 Å². The van der Waals surface area contributed by atoms with Gasteiger partial charge in [0.15, 0.2) is 6.61 Å². The van der Waals surface area contributed by atoms with Crippen molar-refractivity contribution in [1.82, 2.24) is 5.32 Å². The van der Waals surface area contributed by atoms with Gasteiger partial charge in [0.05, 0.1) is 7.11 Å². The normalized spacial score (nSPS) is 22.0. The molecule has 0 aromatic heterocycles. The van der Waals surface area contributed by atoms with Crippen molar-refractivity contribution in [1.29, 1.82) is 0 Å². The molecule has 1 aromatic carbocycles. The number of methoxy groups -OCH3 is 1. The number of amides is 1. The number of cyclic esters (lactones) is 1. The number of alkyl halides is 2. The van der Waals surface area contributed by atoms with E-state index in [4.69, 9.17) is 4.74 Å². The Morgan fingerprint density at radius 3 is 2.89 bits per heavy atom. The molecule has 1 amide bonds. The van der Waals surface area contributed by atoms with Gasteiger partial charge in [0.25, 0.3) is 0 Å². The number of hydrogen-bond donors (Lipinski definition) is 1. The van der Waals surface area contributed by atoms with Gasteiger partial charge in [-0.15, -0.1) is 0 Å². The molecule has 0 radical (unpaired) electrons. The SMILES string of the molecule is COc1cc(F)ccc1[C@@H]1NC(=O)OCC1(F)F. The van der Waals surface area contributed by atoms with Crippen LogP contribution in [0.1, 0.15) is 11.6 Å². The maximum atomic E-state index is 13.7. The van der Waals surface area contributed by atoms with E-state index in [0.29, 0.717) is 0 Å². The summed E-state index contributed by atoms with van der Waals surface area (Å²) in [7, 11) is 1.23. The van der Waals surface area contributed by atoms with Crippen LogP contribution < -0.4 is 10.1 Å².